The van der Waals surface area contributed by atoms with E-state index in [1.54, 1.807) is 19.2 Å². The molecule has 5 nitrogen and oxygen atoms in total. The number of halogens is 1. The van der Waals surface area contributed by atoms with Crippen molar-refractivity contribution in [3.05, 3.63) is 52.5 Å². The van der Waals surface area contributed by atoms with E-state index in [0.29, 0.717) is 17.2 Å². The minimum atomic E-state index is -0.485. The summed E-state index contributed by atoms with van der Waals surface area (Å²) in [6.45, 7) is 2.64. The van der Waals surface area contributed by atoms with Crippen LogP contribution in [0.25, 0.3) is 11.1 Å². The number of benzene rings is 2. The van der Waals surface area contributed by atoms with Gasteiger partial charge in [-0.25, -0.2) is 0 Å². The Morgan fingerprint density at radius 3 is 2.63 bits per heavy atom. The summed E-state index contributed by atoms with van der Waals surface area (Å²) in [4.78, 5) is 14.4. The number of fused-ring (bicyclic) bond motifs is 1. The van der Waals surface area contributed by atoms with E-state index in [-0.39, 0.29) is 5.91 Å². The van der Waals surface area contributed by atoms with Gasteiger partial charge in [-0.3, -0.25) is 9.69 Å². The lowest BCUT2D eigenvalue weighted by molar-refractivity contribution is -0.231. The summed E-state index contributed by atoms with van der Waals surface area (Å²) >= 11 is 6.47. The van der Waals surface area contributed by atoms with Crippen molar-refractivity contribution in [1.82, 2.24) is 10.2 Å². The van der Waals surface area contributed by atoms with E-state index < -0.39 is 5.79 Å². The zero-order chi connectivity index (χ0) is 20.7. The van der Waals surface area contributed by atoms with Crippen LogP contribution in [0.3, 0.4) is 0 Å². The normalized spacial score (nSPS) is 20.9. The van der Waals surface area contributed by atoms with E-state index in [0.717, 1.165) is 54.4 Å². The molecule has 2 aromatic rings. The van der Waals surface area contributed by atoms with Gasteiger partial charge in [0.25, 0.3) is 5.91 Å². The van der Waals surface area contributed by atoms with E-state index in [9.17, 15) is 4.79 Å². The molecule has 2 aromatic carbocycles. The van der Waals surface area contributed by atoms with Gasteiger partial charge in [0.1, 0.15) is 5.75 Å². The second kappa shape index (κ2) is 7.88. The molecule has 158 valence electrons. The SMILES string of the molecule is CNC(=O)c1ccc(-c2ccc3c(c2)COC2(CCN(C4CCC4)CC2)O3)c(Cl)c1. The van der Waals surface area contributed by atoms with E-state index in [4.69, 9.17) is 21.1 Å². The van der Waals surface area contributed by atoms with E-state index >= 15 is 0 Å². The first-order valence-corrected chi connectivity index (χ1v) is 11.2. The summed E-state index contributed by atoms with van der Waals surface area (Å²) < 4.78 is 12.7. The van der Waals surface area contributed by atoms with Crippen LogP contribution in [0.2, 0.25) is 5.02 Å². The van der Waals surface area contributed by atoms with Crippen LogP contribution in [-0.2, 0) is 11.3 Å². The molecule has 1 saturated carbocycles. The maximum atomic E-state index is 11.8. The fourth-order valence-corrected chi connectivity index (χ4v) is 4.95. The van der Waals surface area contributed by atoms with Crippen molar-refractivity contribution in [3.8, 4) is 16.9 Å². The van der Waals surface area contributed by atoms with Crippen molar-refractivity contribution in [1.29, 1.82) is 0 Å². The summed E-state index contributed by atoms with van der Waals surface area (Å²) in [7, 11) is 1.61. The smallest absolute Gasteiger partial charge is 0.251 e. The van der Waals surface area contributed by atoms with Crippen LogP contribution in [0.5, 0.6) is 5.75 Å². The Morgan fingerprint density at radius 2 is 1.97 bits per heavy atom. The Labute approximate surface area is 182 Å². The molecule has 2 fully saturated rings. The van der Waals surface area contributed by atoms with Crippen molar-refractivity contribution in [3.63, 3.8) is 0 Å². The molecule has 0 bridgehead atoms. The first kappa shape index (κ1) is 19.9. The summed E-state index contributed by atoms with van der Waals surface area (Å²) in [6.07, 6.45) is 5.88. The molecule has 1 saturated heterocycles. The second-order valence-electron chi connectivity index (χ2n) is 8.52. The molecule has 0 atom stereocenters. The Kier molecular flexibility index (Phi) is 5.21. The van der Waals surface area contributed by atoms with Crippen LogP contribution in [0.1, 0.15) is 48.0 Å². The third-order valence-electron chi connectivity index (χ3n) is 6.77. The van der Waals surface area contributed by atoms with Crippen LogP contribution >= 0.6 is 11.6 Å². The van der Waals surface area contributed by atoms with Crippen molar-refractivity contribution in [2.24, 2.45) is 0 Å². The van der Waals surface area contributed by atoms with Crippen LogP contribution in [0.15, 0.2) is 36.4 Å². The molecule has 6 heteroatoms. The topological polar surface area (TPSA) is 50.8 Å². The molecule has 5 rings (SSSR count). The second-order valence-corrected chi connectivity index (χ2v) is 8.93. The zero-order valence-electron chi connectivity index (χ0n) is 17.2. The molecule has 2 aliphatic heterocycles. The van der Waals surface area contributed by atoms with Crippen molar-refractivity contribution in [2.75, 3.05) is 20.1 Å². The molecule has 2 heterocycles. The predicted octanol–water partition coefficient (Wildman–Crippen LogP) is 4.62. The lowest BCUT2D eigenvalue weighted by atomic mass is 9.89. The maximum Gasteiger partial charge on any atom is 0.251 e. The van der Waals surface area contributed by atoms with Gasteiger partial charge in [0.2, 0.25) is 5.79 Å². The predicted molar refractivity (Wildman–Crippen MR) is 117 cm³/mol. The van der Waals surface area contributed by atoms with Crippen LogP contribution in [-0.4, -0.2) is 42.8 Å². The number of hydrogen-bond donors (Lipinski definition) is 1. The van der Waals surface area contributed by atoms with Crippen LogP contribution in [0.4, 0.5) is 0 Å². The third kappa shape index (κ3) is 3.59. The maximum absolute atomic E-state index is 11.8. The van der Waals surface area contributed by atoms with E-state index in [1.165, 1.54) is 19.3 Å². The standard InChI is InChI=1S/C24H27ClN2O3/c1-26-23(28)17-5-7-20(21(25)14-17)16-6-8-22-18(13-16)15-29-24(30-22)9-11-27(12-10-24)19-3-2-4-19/h5-8,13-14,19H,2-4,9-12,15H2,1H3,(H,26,28). The van der Waals surface area contributed by atoms with Crippen LogP contribution < -0.4 is 10.1 Å². The van der Waals surface area contributed by atoms with Crippen LogP contribution in [0, 0.1) is 0 Å². The highest BCUT2D eigenvalue weighted by molar-refractivity contribution is 6.33. The van der Waals surface area contributed by atoms with Crippen molar-refractivity contribution in [2.45, 2.75) is 50.5 Å². The number of nitrogens with one attached hydrogen (secondary N) is 1. The number of amides is 1. The third-order valence-corrected chi connectivity index (χ3v) is 7.08. The van der Waals surface area contributed by atoms with Gasteiger partial charge in [0.15, 0.2) is 0 Å². The molecule has 0 aromatic heterocycles. The molecule has 1 aliphatic carbocycles. The molecule has 0 unspecified atom stereocenters. The van der Waals surface area contributed by atoms with Gasteiger partial charge in [0, 0.05) is 60.7 Å². The average Bonchev–Trinajstić information content (AvgIpc) is 2.73. The monoisotopic (exact) mass is 426 g/mol. The summed E-state index contributed by atoms with van der Waals surface area (Å²) in [5.41, 5.74) is 3.46. The summed E-state index contributed by atoms with van der Waals surface area (Å²) in [5, 5.41) is 3.17. The van der Waals surface area contributed by atoms with Crippen molar-refractivity contribution < 1.29 is 14.3 Å². The lowest BCUT2D eigenvalue weighted by Gasteiger charge is -2.47. The van der Waals surface area contributed by atoms with Gasteiger partial charge in [-0.2, -0.15) is 0 Å². The zero-order valence-corrected chi connectivity index (χ0v) is 18.0. The number of rotatable bonds is 3. The number of carbonyl (C=O) groups excluding carboxylic acids is 1. The molecular weight excluding hydrogens is 400 g/mol. The molecule has 30 heavy (non-hydrogen) atoms. The van der Waals surface area contributed by atoms with Gasteiger partial charge < -0.3 is 14.8 Å². The fourth-order valence-electron chi connectivity index (χ4n) is 4.66. The Hall–Kier alpha value is -2.08. The number of likely N-dealkylation sites (tertiary alicyclic amines) is 1. The number of hydrogen-bond acceptors (Lipinski definition) is 4. The van der Waals surface area contributed by atoms with Gasteiger partial charge >= 0.3 is 0 Å². The molecular formula is C24H27ClN2O3. The Balaban J connectivity index is 1.32. The molecule has 1 N–H and O–H groups in total. The summed E-state index contributed by atoms with van der Waals surface area (Å²) in [6, 6.07) is 12.3. The summed E-state index contributed by atoms with van der Waals surface area (Å²) in [5.74, 6) is 0.270. The highest BCUT2D eigenvalue weighted by Gasteiger charge is 2.42. The first-order chi connectivity index (χ1) is 14.6. The number of ether oxygens (including phenoxy) is 2. The Bertz CT molecular complexity index is 965. The average molecular weight is 427 g/mol. The van der Waals surface area contributed by atoms with E-state index in [2.05, 4.69) is 16.3 Å². The minimum absolute atomic E-state index is 0.149. The lowest BCUT2D eigenvalue weighted by Crippen LogP contribution is -2.54. The molecule has 1 spiro atoms. The molecule has 1 amide bonds. The highest BCUT2D eigenvalue weighted by Crippen LogP contribution is 2.41. The fraction of sp³-hybridized carbons (Fsp3) is 0.458. The van der Waals surface area contributed by atoms with Crippen molar-refractivity contribution >= 4 is 17.5 Å². The van der Waals surface area contributed by atoms with Gasteiger partial charge in [0.05, 0.1) is 6.61 Å². The molecule has 3 aliphatic rings. The highest BCUT2D eigenvalue weighted by atomic mass is 35.5. The number of nitrogens with zero attached hydrogens (tertiary/aromatic N) is 1. The quantitative estimate of drug-likeness (QED) is 0.778. The number of piperidine rings is 1. The van der Waals surface area contributed by atoms with Gasteiger partial charge in [-0.15, -0.1) is 0 Å². The van der Waals surface area contributed by atoms with Gasteiger partial charge in [-0.05, 0) is 42.7 Å². The minimum Gasteiger partial charge on any atom is -0.462 e. The number of carbonyl (C=O) groups is 1. The van der Waals surface area contributed by atoms with Gasteiger partial charge in [-0.1, -0.05) is 30.2 Å². The van der Waals surface area contributed by atoms with E-state index in [1.807, 2.05) is 18.2 Å². The largest absolute Gasteiger partial charge is 0.462 e. The molecule has 0 radical (unpaired) electrons. The Morgan fingerprint density at radius 1 is 1.17 bits per heavy atom. The first-order valence-electron chi connectivity index (χ1n) is 10.8.